The second kappa shape index (κ2) is 8.63. The lowest BCUT2D eigenvalue weighted by molar-refractivity contribution is 0.284. The SMILES string of the molecule is COc1cc(-c2nc(SC)[nH]c(=O)c2C#N)ccc1OCc1ccc(C)cc1. The molecule has 0 saturated heterocycles. The van der Waals surface area contributed by atoms with E-state index >= 15 is 0 Å². The summed E-state index contributed by atoms with van der Waals surface area (Å²) >= 11 is 1.30. The standard InChI is InChI=1S/C21H19N3O3S/c1-13-4-6-14(7-5-13)12-27-17-9-8-15(10-18(17)26-2)19-16(11-22)20(25)24-21(23-19)28-3/h4-10H,12H2,1-3H3,(H,23,24,25). The van der Waals surface area contributed by atoms with Gasteiger partial charge in [-0.1, -0.05) is 41.6 Å². The Morgan fingerprint density at radius 1 is 1.18 bits per heavy atom. The van der Waals surface area contributed by atoms with Gasteiger partial charge in [0.2, 0.25) is 0 Å². The van der Waals surface area contributed by atoms with Gasteiger partial charge in [-0.25, -0.2) is 4.98 Å². The van der Waals surface area contributed by atoms with Gasteiger partial charge >= 0.3 is 0 Å². The molecule has 1 heterocycles. The summed E-state index contributed by atoms with van der Waals surface area (Å²) < 4.78 is 11.3. The molecular formula is C21H19N3O3S. The highest BCUT2D eigenvalue weighted by atomic mass is 32.2. The molecule has 0 atom stereocenters. The van der Waals surface area contributed by atoms with E-state index in [1.807, 2.05) is 37.3 Å². The maximum Gasteiger partial charge on any atom is 0.270 e. The van der Waals surface area contributed by atoms with Crippen LogP contribution < -0.4 is 15.0 Å². The average molecular weight is 393 g/mol. The van der Waals surface area contributed by atoms with Crippen molar-refractivity contribution in [1.82, 2.24) is 9.97 Å². The topological polar surface area (TPSA) is 88.0 Å². The zero-order chi connectivity index (χ0) is 20.1. The zero-order valence-corrected chi connectivity index (χ0v) is 16.6. The number of hydrogen-bond donors (Lipinski definition) is 1. The molecule has 2 aromatic carbocycles. The average Bonchev–Trinajstić information content (AvgIpc) is 2.72. The summed E-state index contributed by atoms with van der Waals surface area (Å²) in [6.45, 7) is 2.44. The Bertz CT molecular complexity index is 1090. The minimum Gasteiger partial charge on any atom is -0.493 e. The number of hydrogen-bond acceptors (Lipinski definition) is 6. The first-order chi connectivity index (χ1) is 13.5. The van der Waals surface area contributed by atoms with Crippen LogP contribution in [0.5, 0.6) is 11.5 Å². The number of benzene rings is 2. The number of aryl methyl sites for hydroxylation is 1. The molecule has 0 aliphatic heterocycles. The number of aromatic nitrogens is 2. The van der Waals surface area contributed by atoms with Gasteiger partial charge in [0.05, 0.1) is 12.8 Å². The maximum atomic E-state index is 12.1. The fourth-order valence-corrected chi connectivity index (χ4v) is 3.02. The molecule has 0 unspecified atom stereocenters. The van der Waals surface area contributed by atoms with Gasteiger partial charge in [0, 0.05) is 5.56 Å². The molecule has 0 amide bonds. The molecule has 0 aliphatic rings. The summed E-state index contributed by atoms with van der Waals surface area (Å²) in [5, 5.41) is 9.80. The molecule has 0 bridgehead atoms. The smallest absolute Gasteiger partial charge is 0.270 e. The molecule has 28 heavy (non-hydrogen) atoms. The summed E-state index contributed by atoms with van der Waals surface area (Å²) in [5.41, 5.74) is 2.67. The van der Waals surface area contributed by atoms with Crippen LogP contribution in [-0.2, 0) is 6.61 Å². The van der Waals surface area contributed by atoms with Crippen molar-refractivity contribution in [2.24, 2.45) is 0 Å². The van der Waals surface area contributed by atoms with E-state index in [-0.39, 0.29) is 5.56 Å². The lowest BCUT2D eigenvalue weighted by Gasteiger charge is -2.13. The van der Waals surface area contributed by atoms with Gasteiger partial charge < -0.3 is 14.5 Å². The molecular weight excluding hydrogens is 374 g/mol. The van der Waals surface area contributed by atoms with E-state index in [1.165, 1.54) is 17.3 Å². The molecule has 3 rings (SSSR count). The fraction of sp³-hybridized carbons (Fsp3) is 0.190. The van der Waals surface area contributed by atoms with Gasteiger partial charge in [-0.05, 0) is 36.9 Å². The second-order valence-corrected chi connectivity index (χ2v) is 6.85. The van der Waals surface area contributed by atoms with E-state index in [0.717, 1.165) is 5.56 Å². The van der Waals surface area contributed by atoms with Crippen molar-refractivity contribution in [2.45, 2.75) is 18.7 Å². The highest BCUT2D eigenvalue weighted by Gasteiger charge is 2.15. The Balaban J connectivity index is 1.93. The molecule has 3 aromatic rings. The Morgan fingerprint density at radius 2 is 1.93 bits per heavy atom. The number of thioether (sulfide) groups is 1. The number of nitrogens with one attached hydrogen (secondary N) is 1. The molecule has 1 aromatic heterocycles. The predicted octanol–water partition coefficient (Wildman–Crippen LogP) is 3.93. The normalized spacial score (nSPS) is 10.4. The molecule has 142 valence electrons. The highest BCUT2D eigenvalue weighted by molar-refractivity contribution is 7.98. The summed E-state index contributed by atoms with van der Waals surface area (Å²) in [4.78, 5) is 19.1. The third-order valence-electron chi connectivity index (χ3n) is 4.15. The van der Waals surface area contributed by atoms with E-state index in [4.69, 9.17) is 9.47 Å². The van der Waals surface area contributed by atoms with Crippen molar-refractivity contribution >= 4 is 11.8 Å². The Morgan fingerprint density at radius 3 is 2.57 bits per heavy atom. The number of methoxy groups -OCH3 is 1. The zero-order valence-electron chi connectivity index (χ0n) is 15.8. The predicted molar refractivity (Wildman–Crippen MR) is 109 cm³/mol. The van der Waals surface area contributed by atoms with Crippen LogP contribution in [0.2, 0.25) is 0 Å². The van der Waals surface area contributed by atoms with Gasteiger partial charge in [-0.15, -0.1) is 0 Å². The summed E-state index contributed by atoms with van der Waals surface area (Å²) in [6.07, 6.45) is 1.80. The number of H-pyrrole nitrogens is 1. The number of nitrogens with zero attached hydrogens (tertiary/aromatic N) is 2. The summed E-state index contributed by atoms with van der Waals surface area (Å²) in [5.74, 6) is 1.07. The molecule has 1 N–H and O–H groups in total. The quantitative estimate of drug-likeness (QED) is 0.504. The minimum atomic E-state index is -0.462. The number of nitriles is 1. The first-order valence-electron chi connectivity index (χ1n) is 8.51. The summed E-state index contributed by atoms with van der Waals surface area (Å²) in [6, 6.07) is 15.3. The maximum absolute atomic E-state index is 12.1. The fourth-order valence-electron chi connectivity index (χ4n) is 2.64. The van der Waals surface area contributed by atoms with Crippen LogP contribution in [0.4, 0.5) is 0 Å². The molecule has 6 nitrogen and oxygen atoms in total. The molecule has 0 aliphatic carbocycles. The van der Waals surface area contributed by atoms with Gasteiger partial charge in [-0.2, -0.15) is 5.26 Å². The lowest BCUT2D eigenvalue weighted by atomic mass is 10.1. The van der Waals surface area contributed by atoms with Crippen molar-refractivity contribution < 1.29 is 9.47 Å². The third-order valence-corrected chi connectivity index (χ3v) is 4.73. The van der Waals surface area contributed by atoms with Crippen molar-refractivity contribution in [2.75, 3.05) is 13.4 Å². The van der Waals surface area contributed by atoms with Crippen molar-refractivity contribution in [3.63, 3.8) is 0 Å². The first kappa shape index (κ1) is 19.5. The van der Waals surface area contributed by atoms with Crippen LogP contribution in [0, 0.1) is 18.3 Å². The van der Waals surface area contributed by atoms with Crippen molar-refractivity contribution in [3.05, 3.63) is 69.5 Å². The third kappa shape index (κ3) is 4.18. The van der Waals surface area contributed by atoms with Gasteiger partial charge in [0.1, 0.15) is 18.2 Å². The van der Waals surface area contributed by atoms with E-state index < -0.39 is 5.56 Å². The lowest BCUT2D eigenvalue weighted by Crippen LogP contribution is -2.14. The van der Waals surface area contributed by atoms with Crippen LogP contribution in [0.25, 0.3) is 11.3 Å². The minimum absolute atomic E-state index is 0.0341. The van der Waals surface area contributed by atoms with Crippen LogP contribution in [0.3, 0.4) is 0 Å². The Labute approximate surface area is 167 Å². The number of rotatable bonds is 6. The van der Waals surface area contributed by atoms with Gasteiger partial charge in [0.15, 0.2) is 16.7 Å². The second-order valence-electron chi connectivity index (χ2n) is 6.05. The van der Waals surface area contributed by atoms with E-state index in [1.54, 1.807) is 31.6 Å². The van der Waals surface area contributed by atoms with Crippen LogP contribution in [0.15, 0.2) is 52.4 Å². The van der Waals surface area contributed by atoms with Gasteiger partial charge in [0.25, 0.3) is 5.56 Å². The van der Waals surface area contributed by atoms with Crippen molar-refractivity contribution in [1.29, 1.82) is 5.26 Å². The molecule has 0 radical (unpaired) electrons. The molecule has 0 saturated carbocycles. The molecule has 0 fully saturated rings. The van der Waals surface area contributed by atoms with Crippen LogP contribution in [-0.4, -0.2) is 23.3 Å². The largest absolute Gasteiger partial charge is 0.493 e. The van der Waals surface area contributed by atoms with E-state index in [9.17, 15) is 10.1 Å². The molecule has 0 spiro atoms. The van der Waals surface area contributed by atoms with E-state index in [0.29, 0.717) is 34.5 Å². The number of ether oxygens (including phenoxy) is 2. The van der Waals surface area contributed by atoms with Crippen molar-refractivity contribution in [3.8, 4) is 28.8 Å². The van der Waals surface area contributed by atoms with Gasteiger partial charge in [-0.3, -0.25) is 4.79 Å². The Hall–Kier alpha value is -3.24. The highest BCUT2D eigenvalue weighted by Crippen LogP contribution is 2.33. The van der Waals surface area contributed by atoms with Crippen LogP contribution in [0.1, 0.15) is 16.7 Å². The Kier molecular flexibility index (Phi) is 6.02. The van der Waals surface area contributed by atoms with E-state index in [2.05, 4.69) is 9.97 Å². The number of aromatic amines is 1. The monoisotopic (exact) mass is 393 g/mol. The summed E-state index contributed by atoms with van der Waals surface area (Å²) in [7, 11) is 1.54. The van der Waals surface area contributed by atoms with Crippen LogP contribution >= 0.6 is 11.8 Å². The first-order valence-corrected chi connectivity index (χ1v) is 9.73. The molecule has 7 heteroatoms.